The summed E-state index contributed by atoms with van der Waals surface area (Å²) in [6.07, 6.45) is 0. The van der Waals surface area contributed by atoms with Gasteiger partial charge in [0.05, 0.1) is 0 Å². The minimum atomic E-state index is 0. The summed E-state index contributed by atoms with van der Waals surface area (Å²) >= 11 is 0. The molecule has 0 aliphatic carbocycles. The Morgan fingerprint density at radius 3 is 0.500 bits per heavy atom. The molecule has 0 aromatic carbocycles. The molecule has 39 valence electrons. The van der Waals surface area contributed by atoms with Crippen LogP contribution in [-0.4, -0.2) is 46.2 Å². The molecule has 0 rings (SSSR count). The Balaban J connectivity index is 0. The minimum absolute atomic E-state index is 0. The second-order valence-corrected chi connectivity index (χ2v) is 0. The van der Waals surface area contributed by atoms with Crippen molar-refractivity contribution < 1.29 is 18.8 Å². The molecule has 3 radical (unpaired) electrons. The molecule has 0 unspecified atom stereocenters. The van der Waals surface area contributed by atoms with Gasteiger partial charge in [-0.25, -0.2) is 0 Å². The Hall–Kier alpha value is 1.04. The Labute approximate surface area is 64.7 Å². The molecule has 0 amide bonds. The molecule has 0 nitrogen and oxygen atoms in total. The van der Waals surface area contributed by atoms with Crippen LogP contribution in [0.5, 0.6) is 0 Å². The van der Waals surface area contributed by atoms with Gasteiger partial charge in [0.15, 0.2) is 0 Å². The summed E-state index contributed by atoms with van der Waals surface area (Å²) in [5.74, 6) is 0. The van der Waals surface area contributed by atoms with E-state index in [0.717, 1.165) is 0 Å². The monoisotopic (exact) mass is 133 g/mol. The molecule has 0 atom stereocenters. The second kappa shape index (κ2) is 141. The molecule has 6 heteroatoms. The van der Waals surface area contributed by atoms with Crippen molar-refractivity contribution in [1.82, 2.24) is 0 Å². The Bertz CT molecular complexity index is 7.51. The van der Waals surface area contributed by atoms with Crippen molar-refractivity contribution in [1.29, 1.82) is 0 Å². The number of rotatable bonds is 0. The zero-order valence-electron chi connectivity index (χ0n) is 2.21. The normalized spacial score (nSPS) is 0. The van der Waals surface area contributed by atoms with Gasteiger partial charge < -0.3 is 0 Å². The van der Waals surface area contributed by atoms with Gasteiger partial charge in [-0.05, 0) is 0 Å². The fraction of sp³-hybridized carbons (Fsp3) is 0. The van der Waals surface area contributed by atoms with Crippen molar-refractivity contribution in [2.45, 2.75) is 0 Å². The van der Waals surface area contributed by atoms with Gasteiger partial charge in [-0.15, -0.1) is 0 Å². The SMILES string of the molecule is F.F.F.F.[B].[CaH2]. The van der Waals surface area contributed by atoms with Gasteiger partial charge in [-0.1, -0.05) is 0 Å². The Kier molecular flexibility index (Phi) is 5540. The van der Waals surface area contributed by atoms with E-state index < -0.39 is 0 Å². The van der Waals surface area contributed by atoms with Crippen LogP contribution in [0.1, 0.15) is 0 Å². The molecule has 6 heavy (non-hydrogen) atoms. The number of hydrogen-bond acceptors (Lipinski definition) is 0. The summed E-state index contributed by atoms with van der Waals surface area (Å²) < 4.78 is 0. The summed E-state index contributed by atoms with van der Waals surface area (Å²) in [4.78, 5) is 0. The first kappa shape index (κ1) is 236. The predicted octanol–water partition coefficient (Wildman–Crippen LogP) is -0.687. The maximum atomic E-state index is 0. The second-order valence-electron chi connectivity index (χ2n) is 0. The van der Waals surface area contributed by atoms with Gasteiger partial charge in [-0.3, -0.25) is 18.8 Å². The molecule has 0 spiro atoms. The summed E-state index contributed by atoms with van der Waals surface area (Å²) in [7, 11) is 0. The first-order valence-corrected chi connectivity index (χ1v) is 0. The van der Waals surface area contributed by atoms with E-state index in [1.54, 1.807) is 0 Å². The fourth-order valence-corrected chi connectivity index (χ4v) is 0. The summed E-state index contributed by atoms with van der Waals surface area (Å²) in [6, 6.07) is 0. The van der Waals surface area contributed by atoms with Crippen LogP contribution in [0.4, 0.5) is 18.8 Å². The van der Waals surface area contributed by atoms with E-state index >= 15 is 0 Å². The molecule has 0 saturated carbocycles. The van der Waals surface area contributed by atoms with E-state index in [1.807, 2.05) is 0 Å². The van der Waals surface area contributed by atoms with Crippen molar-refractivity contribution in [3.8, 4) is 0 Å². The molecule has 0 aromatic heterocycles. The first-order chi connectivity index (χ1) is 0. The van der Waals surface area contributed by atoms with Gasteiger partial charge in [0, 0.05) is 8.41 Å². The average molecular weight is 133 g/mol. The zero-order valence-corrected chi connectivity index (χ0v) is 2.21. The van der Waals surface area contributed by atoms with Crippen molar-refractivity contribution in [3.05, 3.63) is 0 Å². The van der Waals surface area contributed by atoms with Crippen LogP contribution in [0, 0.1) is 0 Å². The van der Waals surface area contributed by atoms with Gasteiger partial charge >= 0.3 is 37.7 Å². The van der Waals surface area contributed by atoms with Crippen LogP contribution in [0.15, 0.2) is 0 Å². The van der Waals surface area contributed by atoms with Crippen molar-refractivity contribution in [2.75, 3.05) is 0 Å². The molecule has 0 saturated heterocycles. The van der Waals surface area contributed by atoms with E-state index in [2.05, 4.69) is 0 Å². The third kappa shape index (κ3) is 75.6. The van der Waals surface area contributed by atoms with Gasteiger partial charge in [0.2, 0.25) is 0 Å². The molecule has 0 aliphatic heterocycles. The van der Waals surface area contributed by atoms with E-state index in [-0.39, 0.29) is 65.0 Å². The topological polar surface area (TPSA) is 0 Å². The van der Waals surface area contributed by atoms with Crippen LogP contribution >= 0.6 is 0 Å². The van der Waals surface area contributed by atoms with E-state index in [4.69, 9.17) is 0 Å². The fourth-order valence-electron chi connectivity index (χ4n) is 0. The quantitative estimate of drug-likeness (QED) is 0.303. The molecule has 0 heterocycles. The predicted molar refractivity (Wildman–Crippen MR) is 24.3 cm³/mol. The Morgan fingerprint density at radius 1 is 0.500 bits per heavy atom. The van der Waals surface area contributed by atoms with Crippen LogP contribution in [0.2, 0.25) is 0 Å². The molecular formula is H6BCaF4. The zero-order chi connectivity index (χ0) is 0. The van der Waals surface area contributed by atoms with E-state index in [9.17, 15) is 0 Å². The average Bonchev–Trinajstić information content (AvgIpc) is 0. The molecule has 0 bridgehead atoms. The maximum absolute atomic E-state index is 0. The number of hydrogen-bond donors (Lipinski definition) is 0. The van der Waals surface area contributed by atoms with Crippen molar-refractivity contribution >= 4 is 46.2 Å². The molecule has 0 N–H and O–H groups in total. The van der Waals surface area contributed by atoms with Crippen molar-refractivity contribution in [2.24, 2.45) is 0 Å². The van der Waals surface area contributed by atoms with Crippen LogP contribution in [0.25, 0.3) is 0 Å². The molecule has 0 aromatic rings. The van der Waals surface area contributed by atoms with Crippen LogP contribution in [0.3, 0.4) is 0 Å². The first-order valence-electron chi connectivity index (χ1n) is 0. The third-order valence-electron chi connectivity index (χ3n) is 0. The van der Waals surface area contributed by atoms with E-state index in [1.165, 1.54) is 0 Å². The van der Waals surface area contributed by atoms with Gasteiger partial charge in [0.25, 0.3) is 0 Å². The Morgan fingerprint density at radius 2 is 0.500 bits per heavy atom. The molecule has 0 aliphatic rings. The van der Waals surface area contributed by atoms with Crippen LogP contribution < -0.4 is 0 Å². The third-order valence-corrected chi connectivity index (χ3v) is 0. The summed E-state index contributed by atoms with van der Waals surface area (Å²) in [5.41, 5.74) is 0. The molecular weight excluding hydrogens is 127 g/mol. The standard InChI is InChI=1S/B.Ca.4FH.2H/h;;4*1H;;. The molecule has 0 fully saturated rings. The number of halogens is 4. The van der Waals surface area contributed by atoms with Gasteiger partial charge in [-0.2, -0.15) is 0 Å². The van der Waals surface area contributed by atoms with Gasteiger partial charge in [0.1, 0.15) is 0 Å². The summed E-state index contributed by atoms with van der Waals surface area (Å²) in [6.45, 7) is 0. The van der Waals surface area contributed by atoms with Crippen LogP contribution in [-0.2, 0) is 0 Å². The van der Waals surface area contributed by atoms with Crippen molar-refractivity contribution in [3.63, 3.8) is 0 Å². The van der Waals surface area contributed by atoms with E-state index in [0.29, 0.717) is 0 Å². The summed E-state index contributed by atoms with van der Waals surface area (Å²) in [5, 5.41) is 0.